The zero-order valence-corrected chi connectivity index (χ0v) is 13.2. The smallest absolute Gasteiger partial charge is 0.144 e. The van der Waals surface area contributed by atoms with Crippen LogP contribution in [0.4, 0.5) is 5.82 Å². The van der Waals surface area contributed by atoms with Gasteiger partial charge in [-0.3, -0.25) is 4.98 Å². The van der Waals surface area contributed by atoms with E-state index in [-0.39, 0.29) is 0 Å². The van der Waals surface area contributed by atoms with Crippen molar-refractivity contribution >= 4 is 33.5 Å². The highest BCUT2D eigenvalue weighted by atomic mass is 79.9. The zero-order chi connectivity index (χ0) is 13.5. The zero-order valence-electron chi connectivity index (χ0n) is 10.8. The lowest BCUT2D eigenvalue weighted by Crippen LogP contribution is -2.02. The van der Waals surface area contributed by atoms with Crippen LogP contribution in [0.15, 0.2) is 46.0 Å². The molecule has 0 saturated carbocycles. The summed E-state index contributed by atoms with van der Waals surface area (Å²) in [6.45, 7) is 3.06. The van der Waals surface area contributed by atoms with Crippen molar-refractivity contribution in [3.05, 3.63) is 46.8 Å². The maximum absolute atomic E-state index is 4.41. The maximum atomic E-state index is 4.41. The molecule has 1 heterocycles. The molecular weight excluding hydrogens is 322 g/mol. The number of aromatic nitrogens is 2. The first-order valence-electron chi connectivity index (χ1n) is 6.21. The molecule has 2 aromatic rings. The monoisotopic (exact) mass is 337 g/mol. The van der Waals surface area contributed by atoms with Crippen LogP contribution < -0.4 is 5.32 Å². The summed E-state index contributed by atoms with van der Waals surface area (Å²) in [6, 6.07) is 8.27. The lowest BCUT2D eigenvalue weighted by molar-refractivity contribution is 0.960. The van der Waals surface area contributed by atoms with Crippen molar-refractivity contribution in [2.45, 2.75) is 24.0 Å². The van der Waals surface area contributed by atoms with E-state index in [4.69, 9.17) is 0 Å². The van der Waals surface area contributed by atoms with Crippen LogP contribution in [-0.4, -0.2) is 16.5 Å². The molecule has 1 aromatic heterocycles. The van der Waals surface area contributed by atoms with Gasteiger partial charge in [-0.05, 0) is 24.6 Å². The lowest BCUT2D eigenvalue weighted by atomic mass is 10.4. The predicted molar refractivity (Wildman–Crippen MR) is 84.5 cm³/mol. The summed E-state index contributed by atoms with van der Waals surface area (Å²) in [4.78, 5) is 9.99. The second-order valence-corrected chi connectivity index (χ2v) is 6.03. The minimum Gasteiger partial charge on any atom is -0.369 e. The minimum atomic E-state index is 0.831. The molecule has 0 aliphatic rings. The van der Waals surface area contributed by atoms with Gasteiger partial charge >= 0.3 is 0 Å². The molecule has 0 aliphatic carbocycles. The maximum Gasteiger partial charge on any atom is 0.144 e. The van der Waals surface area contributed by atoms with E-state index in [1.54, 1.807) is 18.0 Å². The molecule has 5 heteroatoms. The number of thioether (sulfide) groups is 1. The van der Waals surface area contributed by atoms with E-state index in [9.17, 15) is 0 Å². The molecule has 19 heavy (non-hydrogen) atoms. The van der Waals surface area contributed by atoms with Gasteiger partial charge in [0, 0.05) is 21.7 Å². The van der Waals surface area contributed by atoms with E-state index in [1.807, 2.05) is 18.3 Å². The molecule has 0 aliphatic heterocycles. The normalized spacial score (nSPS) is 10.4. The Balaban J connectivity index is 1.89. The Bertz CT molecular complexity index is 516. The lowest BCUT2D eigenvalue weighted by Gasteiger charge is -2.05. The Hall–Kier alpha value is -1.07. The molecule has 2 rings (SSSR count). The summed E-state index contributed by atoms with van der Waals surface area (Å²) in [7, 11) is 0. The van der Waals surface area contributed by atoms with Crippen molar-refractivity contribution in [3.8, 4) is 0 Å². The highest BCUT2D eigenvalue weighted by Gasteiger charge is 2.00. The van der Waals surface area contributed by atoms with E-state index in [1.165, 1.54) is 4.90 Å². The van der Waals surface area contributed by atoms with E-state index in [0.717, 1.165) is 34.7 Å². The molecular formula is C14H16BrN3S. The van der Waals surface area contributed by atoms with Crippen molar-refractivity contribution in [1.82, 2.24) is 9.97 Å². The number of rotatable bonds is 6. The molecule has 100 valence electrons. The van der Waals surface area contributed by atoms with Crippen LogP contribution in [0.5, 0.6) is 0 Å². The van der Waals surface area contributed by atoms with E-state index in [2.05, 4.69) is 50.3 Å². The molecule has 0 bridgehead atoms. The van der Waals surface area contributed by atoms with Crippen LogP contribution in [0.25, 0.3) is 0 Å². The number of benzene rings is 1. The van der Waals surface area contributed by atoms with Gasteiger partial charge < -0.3 is 5.32 Å². The van der Waals surface area contributed by atoms with Gasteiger partial charge in [-0.15, -0.1) is 11.8 Å². The largest absolute Gasteiger partial charge is 0.369 e. The van der Waals surface area contributed by atoms with Crippen molar-refractivity contribution in [1.29, 1.82) is 0 Å². The summed E-state index contributed by atoms with van der Waals surface area (Å²) in [5.74, 6) is 1.68. The number of halogens is 1. The third-order valence-electron chi connectivity index (χ3n) is 2.44. The van der Waals surface area contributed by atoms with Crippen LogP contribution in [-0.2, 0) is 5.75 Å². The standard InChI is InChI=1S/C14H16BrN3S/c1-2-6-16-14-9-17-12(8-18-14)10-19-13-5-3-4-11(15)7-13/h3-5,7-9H,2,6,10H2,1H3,(H,16,18). The topological polar surface area (TPSA) is 37.8 Å². The second kappa shape index (κ2) is 7.50. The van der Waals surface area contributed by atoms with Gasteiger partial charge in [0.1, 0.15) is 5.82 Å². The van der Waals surface area contributed by atoms with Crippen LogP contribution in [0.2, 0.25) is 0 Å². The fourth-order valence-electron chi connectivity index (χ4n) is 1.49. The van der Waals surface area contributed by atoms with Gasteiger partial charge in [-0.1, -0.05) is 28.9 Å². The quantitative estimate of drug-likeness (QED) is 0.795. The van der Waals surface area contributed by atoms with Crippen LogP contribution >= 0.6 is 27.7 Å². The molecule has 1 aromatic carbocycles. The van der Waals surface area contributed by atoms with Gasteiger partial charge in [-0.2, -0.15) is 0 Å². The number of anilines is 1. The number of hydrogen-bond donors (Lipinski definition) is 1. The highest BCUT2D eigenvalue weighted by Crippen LogP contribution is 2.24. The van der Waals surface area contributed by atoms with Gasteiger partial charge in [0.05, 0.1) is 18.1 Å². The first-order valence-corrected chi connectivity index (χ1v) is 7.99. The molecule has 0 radical (unpaired) electrons. The molecule has 0 spiro atoms. The molecule has 1 N–H and O–H groups in total. The van der Waals surface area contributed by atoms with Gasteiger partial charge in [0.15, 0.2) is 0 Å². The van der Waals surface area contributed by atoms with E-state index in [0.29, 0.717) is 0 Å². The Morgan fingerprint density at radius 1 is 1.26 bits per heavy atom. The summed E-state index contributed by atoms with van der Waals surface area (Å²) < 4.78 is 1.10. The van der Waals surface area contributed by atoms with Crippen LogP contribution in [0.1, 0.15) is 19.0 Å². The van der Waals surface area contributed by atoms with Gasteiger partial charge in [0.2, 0.25) is 0 Å². The van der Waals surface area contributed by atoms with E-state index < -0.39 is 0 Å². The number of nitrogens with zero attached hydrogens (tertiary/aromatic N) is 2. The minimum absolute atomic E-state index is 0.831. The molecule has 0 amide bonds. The van der Waals surface area contributed by atoms with Crippen LogP contribution in [0, 0.1) is 0 Å². The summed E-state index contributed by atoms with van der Waals surface area (Å²) in [5.41, 5.74) is 0.993. The number of hydrogen-bond acceptors (Lipinski definition) is 4. The predicted octanol–water partition coefficient (Wildman–Crippen LogP) is 4.35. The third-order valence-corrected chi connectivity index (χ3v) is 3.96. The molecule has 0 unspecified atom stereocenters. The highest BCUT2D eigenvalue weighted by molar-refractivity contribution is 9.10. The Morgan fingerprint density at radius 3 is 2.84 bits per heavy atom. The van der Waals surface area contributed by atoms with E-state index >= 15 is 0 Å². The first-order chi connectivity index (χ1) is 9.28. The Kier molecular flexibility index (Phi) is 5.66. The van der Waals surface area contributed by atoms with Gasteiger partial charge in [0.25, 0.3) is 0 Å². The third kappa shape index (κ3) is 4.84. The first kappa shape index (κ1) is 14.3. The van der Waals surface area contributed by atoms with Crippen molar-refractivity contribution < 1.29 is 0 Å². The molecule has 0 saturated heterocycles. The average Bonchev–Trinajstić information content (AvgIpc) is 2.44. The van der Waals surface area contributed by atoms with Crippen molar-refractivity contribution in [2.24, 2.45) is 0 Å². The molecule has 0 fully saturated rings. The molecule has 3 nitrogen and oxygen atoms in total. The molecule has 0 atom stereocenters. The van der Waals surface area contributed by atoms with Crippen molar-refractivity contribution in [3.63, 3.8) is 0 Å². The Morgan fingerprint density at radius 2 is 2.16 bits per heavy atom. The SMILES string of the molecule is CCCNc1cnc(CSc2cccc(Br)c2)cn1. The van der Waals surface area contributed by atoms with Crippen molar-refractivity contribution in [2.75, 3.05) is 11.9 Å². The summed E-state index contributed by atoms with van der Waals surface area (Å²) in [6.07, 6.45) is 4.72. The number of nitrogens with one attached hydrogen (secondary N) is 1. The fourth-order valence-corrected chi connectivity index (χ4v) is 2.89. The Labute approximate surface area is 126 Å². The fraction of sp³-hybridized carbons (Fsp3) is 0.286. The average molecular weight is 338 g/mol. The second-order valence-electron chi connectivity index (χ2n) is 4.07. The van der Waals surface area contributed by atoms with Gasteiger partial charge in [-0.25, -0.2) is 4.98 Å². The van der Waals surface area contributed by atoms with Crippen LogP contribution in [0.3, 0.4) is 0 Å². The summed E-state index contributed by atoms with van der Waals surface area (Å²) in [5, 5.41) is 3.22. The summed E-state index contributed by atoms with van der Waals surface area (Å²) >= 11 is 5.23.